The molecule has 26 heavy (non-hydrogen) atoms. The van der Waals surface area contributed by atoms with E-state index in [0.717, 1.165) is 21.2 Å². The number of benzene rings is 1. The first-order chi connectivity index (χ1) is 12.3. The van der Waals surface area contributed by atoms with Gasteiger partial charge in [0, 0.05) is 21.1 Å². The highest BCUT2D eigenvalue weighted by atomic mass is 32.2. The Morgan fingerprint density at radius 2 is 1.73 bits per heavy atom. The van der Waals surface area contributed by atoms with Crippen LogP contribution in [-0.4, -0.2) is 28.7 Å². The van der Waals surface area contributed by atoms with Crippen LogP contribution < -0.4 is 11.2 Å². The second-order valence-corrected chi connectivity index (χ2v) is 7.33. The van der Waals surface area contributed by atoms with Crippen molar-refractivity contribution in [2.75, 3.05) is 0 Å². The normalized spacial score (nSPS) is 11.7. The van der Waals surface area contributed by atoms with E-state index in [1.54, 1.807) is 18.7 Å². The van der Waals surface area contributed by atoms with Gasteiger partial charge >= 0.3 is 5.69 Å². The number of imidazole rings is 2. The average Bonchev–Trinajstić information content (AvgIpc) is 3.17. The zero-order valence-electron chi connectivity index (χ0n) is 15.1. The second-order valence-electron chi connectivity index (χ2n) is 6.38. The molecule has 0 saturated heterocycles. The Hall–Kier alpha value is -2.81. The van der Waals surface area contributed by atoms with Crippen LogP contribution in [-0.2, 0) is 21.1 Å². The van der Waals surface area contributed by atoms with Gasteiger partial charge < -0.3 is 9.55 Å². The molecule has 3 aromatic heterocycles. The lowest BCUT2D eigenvalue weighted by atomic mass is 10.1. The van der Waals surface area contributed by atoms with Gasteiger partial charge in [0.1, 0.15) is 0 Å². The summed E-state index contributed by atoms with van der Waals surface area (Å²) >= 11 is 1.33. The van der Waals surface area contributed by atoms with Crippen LogP contribution in [0.25, 0.3) is 22.2 Å². The van der Waals surface area contributed by atoms with Crippen molar-refractivity contribution in [3.63, 3.8) is 0 Å². The molecule has 0 radical (unpaired) electrons. The fourth-order valence-electron chi connectivity index (χ4n) is 3.02. The molecule has 4 rings (SSSR count). The first-order valence-corrected chi connectivity index (χ1v) is 8.87. The molecule has 0 saturated carbocycles. The maximum Gasteiger partial charge on any atom is 0.332 e. The molecule has 0 atom stereocenters. The third-order valence-electron chi connectivity index (χ3n) is 4.78. The first kappa shape index (κ1) is 16.6. The van der Waals surface area contributed by atoms with Gasteiger partial charge in [0.15, 0.2) is 21.5 Å². The third kappa shape index (κ3) is 2.23. The van der Waals surface area contributed by atoms with Crippen molar-refractivity contribution >= 4 is 34.0 Å². The van der Waals surface area contributed by atoms with Gasteiger partial charge in [0.05, 0.1) is 11.0 Å². The van der Waals surface area contributed by atoms with E-state index in [4.69, 9.17) is 0 Å². The predicted molar refractivity (Wildman–Crippen MR) is 101 cm³/mol. The van der Waals surface area contributed by atoms with Crippen LogP contribution in [0.5, 0.6) is 0 Å². The molecule has 0 fully saturated rings. The summed E-state index contributed by atoms with van der Waals surface area (Å²) in [4.78, 5) is 37.0. The van der Waals surface area contributed by atoms with E-state index in [2.05, 4.69) is 27.9 Å². The van der Waals surface area contributed by atoms with E-state index < -0.39 is 5.69 Å². The quantitative estimate of drug-likeness (QED) is 0.579. The number of aryl methyl sites for hydroxylation is 4. The maximum atomic E-state index is 12.5. The summed E-state index contributed by atoms with van der Waals surface area (Å²) in [6.45, 7) is 4.10. The Kier molecular flexibility index (Phi) is 3.58. The third-order valence-corrected chi connectivity index (χ3v) is 5.71. The maximum absolute atomic E-state index is 12.5. The smallest absolute Gasteiger partial charge is 0.332 e. The van der Waals surface area contributed by atoms with Crippen LogP contribution in [0.15, 0.2) is 32.0 Å². The monoisotopic (exact) mass is 370 g/mol. The van der Waals surface area contributed by atoms with Gasteiger partial charge in [-0.25, -0.2) is 14.8 Å². The Bertz CT molecular complexity index is 1310. The lowest BCUT2D eigenvalue weighted by Crippen LogP contribution is -2.37. The Morgan fingerprint density at radius 1 is 1.00 bits per heavy atom. The van der Waals surface area contributed by atoms with Crippen LogP contribution in [0.4, 0.5) is 0 Å². The zero-order valence-corrected chi connectivity index (χ0v) is 15.9. The number of fused-ring (bicyclic) bond motifs is 2. The van der Waals surface area contributed by atoms with Crippen LogP contribution in [0.1, 0.15) is 11.1 Å². The summed E-state index contributed by atoms with van der Waals surface area (Å²) in [6, 6.07) is 4.06. The number of H-pyrrole nitrogens is 1. The minimum Gasteiger partial charge on any atom is -0.333 e. The lowest BCUT2D eigenvalue weighted by Gasteiger charge is -2.03. The fraction of sp³-hybridized carbons (Fsp3) is 0.294. The highest BCUT2D eigenvalue weighted by molar-refractivity contribution is 7.99. The number of aromatic nitrogens is 6. The van der Waals surface area contributed by atoms with Crippen molar-refractivity contribution in [3.8, 4) is 0 Å². The highest BCUT2D eigenvalue weighted by Gasteiger charge is 2.19. The molecule has 3 heterocycles. The number of aromatic amines is 1. The van der Waals surface area contributed by atoms with Crippen molar-refractivity contribution in [1.82, 2.24) is 28.7 Å². The summed E-state index contributed by atoms with van der Waals surface area (Å²) in [7, 11) is 4.84. The van der Waals surface area contributed by atoms with Crippen molar-refractivity contribution in [2.45, 2.75) is 24.2 Å². The van der Waals surface area contributed by atoms with Gasteiger partial charge in [0.2, 0.25) is 0 Å². The van der Waals surface area contributed by atoms with E-state index in [9.17, 15) is 9.59 Å². The minimum absolute atomic E-state index is 0.360. The van der Waals surface area contributed by atoms with Gasteiger partial charge in [-0.3, -0.25) is 13.9 Å². The molecule has 0 aliphatic heterocycles. The molecule has 0 aliphatic carbocycles. The molecular formula is C17H18N6O2S. The van der Waals surface area contributed by atoms with E-state index in [-0.39, 0.29) is 5.56 Å². The van der Waals surface area contributed by atoms with E-state index in [0.29, 0.717) is 21.5 Å². The van der Waals surface area contributed by atoms with Crippen molar-refractivity contribution in [2.24, 2.45) is 21.1 Å². The molecule has 4 aromatic rings. The van der Waals surface area contributed by atoms with E-state index >= 15 is 0 Å². The molecule has 0 unspecified atom stereocenters. The molecular weight excluding hydrogens is 352 g/mol. The summed E-state index contributed by atoms with van der Waals surface area (Å²) in [5, 5.41) is 1.28. The van der Waals surface area contributed by atoms with Crippen LogP contribution in [0, 0.1) is 13.8 Å². The fourth-order valence-corrected chi connectivity index (χ4v) is 3.85. The molecule has 0 aliphatic rings. The summed E-state index contributed by atoms with van der Waals surface area (Å²) in [5.41, 5.74) is 4.19. The second kappa shape index (κ2) is 5.60. The molecule has 0 amide bonds. The van der Waals surface area contributed by atoms with Crippen molar-refractivity contribution in [3.05, 3.63) is 44.1 Å². The minimum atomic E-state index is -0.396. The largest absolute Gasteiger partial charge is 0.333 e. The topological polar surface area (TPSA) is 90.5 Å². The highest BCUT2D eigenvalue weighted by Crippen LogP contribution is 2.29. The predicted octanol–water partition coefficient (Wildman–Crippen LogP) is 1.62. The van der Waals surface area contributed by atoms with Gasteiger partial charge in [0.25, 0.3) is 5.56 Å². The van der Waals surface area contributed by atoms with Gasteiger partial charge in [-0.1, -0.05) is 6.07 Å². The summed E-state index contributed by atoms with van der Waals surface area (Å²) in [5.74, 6) is 0. The first-order valence-electron chi connectivity index (χ1n) is 8.05. The number of rotatable bonds is 2. The van der Waals surface area contributed by atoms with Gasteiger partial charge in [-0.15, -0.1) is 0 Å². The molecule has 0 bridgehead atoms. The number of nitrogens with zero attached hydrogens (tertiary/aromatic N) is 5. The Balaban J connectivity index is 1.89. The zero-order chi connectivity index (χ0) is 18.7. The molecule has 134 valence electrons. The van der Waals surface area contributed by atoms with Crippen molar-refractivity contribution in [1.29, 1.82) is 0 Å². The Labute approximate surface area is 152 Å². The molecule has 8 nitrogen and oxygen atoms in total. The van der Waals surface area contributed by atoms with E-state index in [1.165, 1.54) is 28.9 Å². The van der Waals surface area contributed by atoms with Crippen LogP contribution in [0.2, 0.25) is 0 Å². The van der Waals surface area contributed by atoms with Crippen LogP contribution in [0.3, 0.4) is 0 Å². The standard InChI is InChI=1S/C17H18N6O2S/c1-8-6-7-10-11(9(8)2)19-15(18-10)26-16-20-13-12(21(16)3)14(24)23(5)17(25)22(13)4/h6-7H,1-5H3,(H,18,19). The SMILES string of the molecule is Cc1ccc2[nH]c(Sc3nc4c(c(=O)n(C)c(=O)n4C)n3C)nc2c1C. The summed E-state index contributed by atoms with van der Waals surface area (Å²) < 4.78 is 4.17. The van der Waals surface area contributed by atoms with E-state index in [1.807, 2.05) is 13.0 Å². The molecule has 0 spiro atoms. The van der Waals surface area contributed by atoms with Crippen LogP contribution >= 0.6 is 11.8 Å². The lowest BCUT2D eigenvalue weighted by molar-refractivity contribution is 0.705. The van der Waals surface area contributed by atoms with Gasteiger partial charge in [-0.2, -0.15) is 0 Å². The Morgan fingerprint density at radius 3 is 2.46 bits per heavy atom. The molecule has 1 aromatic carbocycles. The average molecular weight is 370 g/mol. The number of hydrogen-bond donors (Lipinski definition) is 1. The van der Waals surface area contributed by atoms with Gasteiger partial charge in [-0.05, 0) is 42.8 Å². The number of hydrogen-bond acceptors (Lipinski definition) is 5. The number of nitrogens with one attached hydrogen (secondary N) is 1. The molecule has 1 N–H and O–H groups in total. The molecule has 9 heteroatoms. The summed E-state index contributed by atoms with van der Waals surface area (Å²) in [6.07, 6.45) is 0. The van der Waals surface area contributed by atoms with Crippen molar-refractivity contribution < 1.29 is 0 Å².